The summed E-state index contributed by atoms with van der Waals surface area (Å²) < 4.78 is 10.5. The van der Waals surface area contributed by atoms with Crippen LogP contribution in [0.15, 0.2) is 0 Å². The third kappa shape index (κ3) is 7.00. The van der Waals surface area contributed by atoms with E-state index in [-0.39, 0.29) is 75.3 Å². The van der Waals surface area contributed by atoms with Crippen molar-refractivity contribution in [2.75, 3.05) is 4.93 Å². The van der Waals surface area contributed by atoms with Crippen LogP contribution in [0.25, 0.3) is 0 Å². The van der Waals surface area contributed by atoms with E-state index in [1.165, 1.54) is 19.3 Å². The predicted molar refractivity (Wildman–Crippen MR) is 149 cm³/mol. The standard InChI is InChI=1S/C25H49I5N3/c1-20(2,3)17(31-28-13)14-25(12)24(10,11)18(33(27)30-25)15-21(4,5)23(8,9)19-16-22(6,7)29-32(19)26/h17-19,31H,14-16H2,1-13H3/q-3. The molecule has 2 aliphatic heterocycles. The number of nitrogens with zero attached hydrogens (tertiary/aromatic N) is 2. The first-order chi connectivity index (χ1) is 14.6. The number of hydrogen-bond donors (Lipinski definition) is 1. The Morgan fingerprint density at radius 3 is 1.94 bits per heavy atom. The van der Waals surface area contributed by atoms with Crippen LogP contribution in [0.3, 0.4) is 0 Å². The SMILES string of the molecule is C[I-]NC(CC1(C)[I-]N(I)C(CC(C)(C)C(C)(C)C2CC(C)(C)[I-]N2I)C1(C)C)C(C)(C)C. The van der Waals surface area contributed by atoms with Gasteiger partial charge in [-0.15, -0.1) is 0 Å². The molecule has 0 spiro atoms. The summed E-state index contributed by atoms with van der Waals surface area (Å²) in [4.78, 5) is 2.37. The van der Waals surface area contributed by atoms with Crippen LogP contribution < -0.4 is 68.0 Å². The van der Waals surface area contributed by atoms with Gasteiger partial charge in [-0.1, -0.05) is 0 Å². The van der Waals surface area contributed by atoms with Gasteiger partial charge in [-0.05, 0) is 0 Å². The van der Waals surface area contributed by atoms with E-state index in [0.29, 0.717) is 35.8 Å². The molecule has 0 aromatic carbocycles. The molecule has 2 rings (SSSR count). The predicted octanol–water partition coefficient (Wildman–Crippen LogP) is -1.51. The number of halogens is 5. The second-order valence-corrected chi connectivity index (χ2v) is 29.6. The van der Waals surface area contributed by atoms with Crippen molar-refractivity contribution in [2.24, 2.45) is 21.7 Å². The quantitative estimate of drug-likeness (QED) is 0.182. The molecule has 0 radical (unpaired) electrons. The molecule has 8 heteroatoms. The Kier molecular flexibility index (Phi) is 11.1. The van der Waals surface area contributed by atoms with Gasteiger partial charge in [0.2, 0.25) is 0 Å². The molecular weight excluding hydrogens is 977 g/mol. The Balaban J connectivity index is 2.30. The van der Waals surface area contributed by atoms with Crippen LogP contribution in [-0.4, -0.2) is 32.6 Å². The molecule has 2 aliphatic rings. The number of nitrogens with one attached hydrogen (secondary N) is 1. The first kappa shape index (κ1) is 32.7. The van der Waals surface area contributed by atoms with Gasteiger partial charge in [0, 0.05) is 0 Å². The zero-order valence-corrected chi connectivity index (χ0v) is 33.9. The molecule has 4 atom stereocenters. The first-order valence-corrected chi connectivity index (χ1v) is 21.3. The fourth-order valence-corrected chi connectivity index (χ4v) is 21.8. The van der Waals surface area contributed by atoms with Crippen LogP contribution in [0, 0.1) is 21.7 Å². The zero-order valence-electron chi connectivity index (χ0n) is 23.1. The summed E-state index contributed by atoms with van der Waals surface area (Å²) in [5.74, 6) is 0. The molecule has 4 unspecified atom stereocenters. The summed E-state index contributed by atoms with van der Waals surface area (Å²) in [6, 6.07) is 1.95. The minimum absolute atomic E-state index is 0.0347. The van der Waals surface area contributed by atoms with Crippen molar-refractivity contribution in [3.05, 3.63) is 0 Å². The van der Waals surface area contributed by atoms with Gasteiger partial charge >= 0.3 is 270 Å². The molecule has 33 heavy (non-hydrogen) atoms. The van der Waals surface area contributed by atoms with Crippen molar-refractivity contribution >= 4 is 45.7 Å². The van der Waals surface area contributed by atoms with Gasteiger partial charge in [0.25, 0.3) is 0 Å². The molecule has 0 aliphatic carbocycles. The fourth-order valence-electron chi connectivity index (χ4n) is 5.12. The molecule has 2 fully saturated rings. The van der Waals surface area contributed by atoms with Crippen LogP contribution >= 0.6 is 45.7 Å². The molecule has 0 amide bonds. The van der Waals surface area contributed by atoms with Gasteiger partial charge in [-0.25, -0.2) is 0 Å². The fraction of sp³-hybridized carbons (Fsp3) is 1.00. The maximum absolute atomic E-state index is 3.97. The Hall–Kier alpha value is 3.53. The van der Waals surface area contributed by atoms with E-state index in [0.717, 1.165) is 0 Å². The van der Waals surface area contributed by atoms with Gasteiger partial charge < -0.3 is 0 Å². The summed E-state index contributed by atoms with van der Waals surface area (Å²) >= 11 is 5.54. The molecular formula is C25H49I5N3-3. The monoisotopic (exact) mass is 1030 g/mol. The van der Waals surface area contributed by atoms with Crippen LogP contribution in [0.1, 0.15) is 102 Å². The molecule has 2 saturated heterocycles. The third-order valence-corrected chi connectivity index (χ3v) is 21.1. The van der Waals surface area contributed by atoms with Crippen LogP contribution in [0.5, 0.6) is 0 Å². The molecule has 2 heterocycles. The maximum atomic E-state index is 3.97. The van der Waals surface area contributed by atoms with Crippen molar-refractivity contribution in [3.63, 3.8) is 0 Å². The normalized spacial score (nSPS) is 33.1. The summed E-state index contributed by atoms with van der Waals surface area (Å²) in [6.45, 7) is 30.4. The molecule has 3 nitrogen and oxygen atoms in total. The van der Waals surface area contributed by atoms with Crippen molar-refractivity contribution in [1.82, 2.24) is 6.18 Å². The van der Waals surface area contributed by atoms with Gasteiger partial charge in [0.05, 0.1) is 0 Å². The average molecular weight is 1030 g/mol. The van der Waals surface area contributed by atoms with E-state index in [1.54, 1.807) is 0 Å². The van der Waals surface area contributed by atoms with Gasteiger partial charge in [-0.3, -0.25) is 0 Å². The molecule has 1 N–H and O–H groups in total. The van der Waals surface area contributed by atoms with Crippen molar-refractivity contribution in [3.8, 4) is 0 Å². The summed E-state index contributed by atoms with van der Waals surface area (Å²) in [5.41, 5.74) is 1.20. The summed E-state index contributed by atoms with van der Waals surface area (Å²) in [5, 5.41) is 0. The number of hydrogen-bond acceptors (Lipinski definition) is 3. The third-order valence-electron chi connectivity index (χ3n) is 9.06. The van der Waals surface area contributed by atoms with Gasteiger partial charge in [-0.2, -0.15) is 0 Å². The van der Waals surface area contributed by atoms with Crippen molar-refractivity contribution in [1.29, 1.82) is 0 Å². The summed E-state index contributed by atoms with van der Waals surface area (Å²) in [7, 11) is 0. The zero-order chi connectivity index (χ0) is 25.8. The van der Waals surface area contributed by atoms with Crippen LogP contribution in [0.4, 0.5) is 0 Å². The van der Waals surface area contributed by atoms with Crippen molar-refractivity contribution < 1.29 is 64.4 Å². The van der Waals surface area contributed by atoms with E-state index in [9.17, 15) is 0 Å². The minimum atomic E-state index is -0.0347. The van der Waals surface area contributed by atoms with E-state index in [4.69, 9.17) is 0 Å². The average Bonchev–Trinajstić information content (AvgIpc) is 2.98. The summed E-state index contributed by atoms with van der Waals surface area (Å²) in [6.07, 6.45) is 3.96. The number of rotatable bonds is 8. The second-order valence-electron chi connectivity index (χ2n) is 13.8. The van der Waals surface area contributed by atoms with E-state index >= 15 is 0 Å². The van der Waals surface area contributed by atoms with E-state index < -0.39 is 0 Å². The van der Waals surface area contributed by atoms with Gasteiger partial charge in [0.1, 0.15) is 0 Å². The Morgan fingerprint density at radius 1 is 0.970 bits per heavy atom. The Bertz CT molecular complexity index is 688. The van der Waals surface area contributed by atoms with Crippen LogP contribution in [0.2, 0.25) is 0 Å². The molecule has 0 aromatic rings. The van der Waals surface area contributed by atoms with E-state index in [2.05, 4.69) is 140 Å². The van der Waals surface area contributed by atoms with Crippen LogP contribution in [-0.2, 0) is 0 Å². The van der Waals surface area contributed by atoms with Gasteiger partial charge in [0.15, 0.2) is 0 Å². The Morgan fingerprint density at radius 2 is 1.52 bits per heavy atom. The topological polar surface area (TPSA) is 18.5 Å². The molecule has 0 saturated carbocycles. The number of alkyl halides is 3. The van der Waals surface area contributed by atoms with E-state index in [1.807, 2.05) is 0 Å². The first-order valence-electron chi connectivity index (χ1n) is 12.1. The molecule has 0 aromatic heterocycles. The van der Waals surface area contributed by atoms with Crippen molar-refractivity contribution in [2.45, 2.75) is 127 Å². The molecule has 202 valence electrons. The Labute approximate surface area is 266 Å². The molecule has 0 bridgehead atoms. The second kappa shape index (κ2) is 11.2.